The standard InChI is InChI=1S/C15H19N3O2/c16-4-1-5-18(12-2-3-12)10-11-8-14-15(9-13(11)17)20-7-6-19-14/h8-9,12H,1-3,5-7,10,17H2. The first-order valence-electron chi connectivity index (χ1n) is 7.07. The first kappa shape index (κ1) is 13.1. The van der Waals surface area contributed by atoms with Gasteiger partial charge in [-0.1, -0.05) is 0 Å². The van der Waals surface area contributed by atoms with Gasteiger partial charge in [-0.2, -0.15) is 5.26 Å². The third kappa shape index (κ3) is 2.81. The fraction of sp³-hybridized carbons (Fsp3) is 0.533. The zero-order chi connectivity index (χ0) is 13.9. The van der Waals surface area contributed by atoms with Crippen LogP contribution in [0.25, 0.3) is 0 Å². The van der Waals surface area contributed by atoms with Crippen LogP contribution >= 0.6 is 0 Å². The van der Waals surface area contributed by atoms with Crippen molar-refractivity contribution in [1.29, 1.82) is 5.26 Å². The topological polar surface area (TPSA) is 71.5 Å². The van der Waals surface area contributed by atoms with Gasteiger partial charge in [0, 0.05) is 37.3 Å². The van der Waals surface area contributed by atoms with Gasteiger partial charge < -0.3 is 15.2 Å². The molecule has 1 aliphatic heterocycles. The summed E-state index contributed by atoms with van der Waals surface area (Å²) in [6, 6.07) is 6.65. The smallest absolute Gasteiger partial charge is 0.163 e. The normalized spacial score (nSPS) is 17.0. The number of hydrogen-bond acceptors (Lipinski definition) is 5. The van der Waals surface area contributed by atoms with Gasteiger partial charge in [0.05, 0.1) is 6.07 Å². The predicted octanol–water partition coefficient (Wildman–Crippen LogP) is 1.92. The minimum absolute atomic E-state index is 0.557. The summed E-state index contributed by atoms with van der Waals surface area (Å²) in [5.74, 6) is 1.50. The number of nitrogen functional groups attached to an aromatic ring is 1. The summed E-state index contributed by atoms with van der Waals surface area (Å²) in [7, 11) is 0. The number of nitrogens with zero attached hydrogens (tertiary/aromatic N) is 2. The molecule has 1 aromatic carbocycles. The number of benzene rings is 1. The van der Waals surface area contributed by atoms with Gasteiger partial charge in [-0.25, -0.2) is 0 Å². The van der Waals surface area contributed by atoms with E-state index in [1.807, 2.05) is 12.1 Å². The number of nitrogens with two attached hydrogens (primary N) is 1. The van der Waals surface area contributed by atoms with E-state index in [4.69, 9.17) is 20.5 Å². The summed E-state index contributed by atoms with van der Waals surface area (Å²) < 4.78 is 11.1. The summed E-state index contributed by atoms with van der Waals surface area (Å²) in [6.07, 6.45) is 2.99. The Morgan fingerprint density at radius 2 is 1.95 bits per heavy atom. The maximum absolute atomic E-state index is 8.76. The lowest BCUT2D eigenvalue weighted by molar-refractivity contribution is 0.171. The summed E-state index contributed by atoms with van der Waals surface area (Å²) in [6.45, 7) is 2.73. The van der Waals surface area contributed by atoms with Gasteiger partial charge in [-0.3, -0.25) is 4.90 Å². The van der Waals surface area contributed by atoms with Crippen LogP contribution in [0.15, 0.2) is 12.1 Å². The monoisotopic (exact) mass is 273 g/mol. The molecule has 1 fully saturated rings. The molecule has 0 saturated heterocycles. The van der Waals surface area contributed by atoms with Crippen molar-refractivity contribution in [3.63, 3.8) is 0 Å². The van der Waals surface area contributed by atoms with Gasteiger partial charge in [0.25, 0.3) is 0 Å². The molecule has 2 N–H and O–H groups in total. The van der Waals surface area contributed by atoms with Crippen molar-refractivity contribution in [1.82, 2.24) is 4.90 Å². The number of nitriles is 1. The second-order valence-electron chi connectivity index (χ2n) is 5.30. The number of ether oxygens (including phenoxy) is 2. The Labute approximate surface area is 118 Å². The molecule has 0 aromatic heterocycles. The molecule has 5 nitrogen and oxygen atoms in total. The maximum atomic E-state index is 8.76. The van der Waals surface area contributed by atoms with Gasteiger partial charge in [-0.05, 0) is 24.5 Å². The fourth-order valence-electron chi connectivity index (χ4n) is 2.53. The minimum atomic E-state index is 0.557. The van der Waals surface area contributed by atoms with Crippen LogP contribution < -0.4 is 15.2 Å². The first-order valence-corrected chi connectivity index (χ1v) is 7.07. The van der Waals surface area contributed by atoms with Gasteiger partial charge in [0.1, 0.15) is 13.2 Å². The molecule has 0 bridgehead atoms. The maximum Gasteiger partial charge on any atom is 0.163 e. The SMILES string of the molecule is N#CCCN(Cc1cc2c(cc1N)OCCO2)C1CC1. The second kappa shape index (κ2) is 5.59. The third-order valence-electron chi connectivity index (χ3n) is 3.75. The van der Waals surface area contributed by atoms with Crippen LogP contribution in [0.5, 0.6) is 11.5 Å². The summed E-state index contributed by atoms with van der Waals surface area (Å²) in [5, 5.41) is 8.76. The van der Waals surface area contributed by atoms with E-state index in [9.17, 15) is 0 Å². The summed E-state index contributed by atoms with van der Waals surface area (Å²) >= 11 is 0. The Morgan fingerprint density at radius 1 is 1.25 bits per heavy atom. The highest BCUT2D eigenvalue weighted by atomic mass is 16.6. The molecule has 0 unspecified atom stereocenters. The third-order valence-corrected chi connectivity index (χ3v) is 3.75. The Balaban J connectivity index is 1.77. The van der Waals surface area contributed by atoms with E-state index < -0.39 is 0 Å². The van der Waals surface area contributed by atoms with E-state index in [-0.39, 0.29) is 0 Å². The molecular formula is C15H19N3O2. The Morgan fingerprint density at radius 3 is 2.60 bits per heavy atom. The van der Waals surface area contributed by atoms with E-state index in [1.54, 1.807) is 0 Å². The van der Waals surface area contributed by atoms with E-state index in [1.165, 1.54) is 12.8 Å². The molecule has 3 rings (SSSR count). The molecule has 0 spiro atoms. The van der Waals surface area contributed by atoms with Crippen LogP contribution in [0.4, 0.5) is 5.69 Å². The van der Waals surface area contributed by atoms with Crippen LogP contribution in [0.2, 0.25) is 0 Å². The van der Waals surface area contributed by atoms with Crippen molar-refractivity contribution >= 4 is 5.69 Å². The van der Waals surface area contributed by atoms with Crippen molar-refractivity contribution in [2.24, 2.45) is 0 Å². The lowest BCUT2D eigenvalue weighted by Crippen LogP contribution is -2.27. The molecule has 106 valence electrons. The second-order valence-corrected chi connectivity index (χ2v) is 5.30. The number of anilines is 1. The molecule has 1 aliphatic carbocycles. The highest BCUT2D eigenvalue weighted by molar-refractivity contribution is 5.58. The first-order chi connectivity index (χ1) is 9.78. The molecule has 5 heteroatoms. The van der Waals surface area contributed by atoms with Crippen LogP contribution in [0.3, 0.4) is 0 Å². The van der Waals surface area contributed by atoms with Crippen molar-refractivity contribution in [3.05, 3.63) is 17.7 Å². The summed E-state index contributed by atoms with van der Waals surface area (Å²) in [5.41, 5.74) is 7.90. The number of fused-ring (bicyclic) bond motifs is 1. The Hall–Kier alpha value is -1.93. The highest BCUT2D eigenvalue weighted by Crippen LogP contribution is 2.36. The zero-order valence-corrected chi connectivity index (χ0v) is 11.5. The molecule has 1 heterocycles. The van der Waals surface area contributed by atoms with Gasteiger partial charge in [0.15, 0.2) is 11.5 Å². The molecule has 1 saturated carbocycles. The van der Waals surface area contributed by atoms with E-state index in [0.29, 0.717) is 25.7 Å². The van der Waals surface area contributed by atoms with Crippen LogP contribution in [0.1, 0.15) is 24.8 Å². The van der Waals surface area contributed by atoms with Crippen LogP contribution in [-0.4, -0.2) is 30.7 Å². The lowest BCUT2D eigenvalue weighted by atomic mass is 10.1. The van der Waals surface area contributed by atoms with E-state index >= 15 is 0 Å². The Kier molecular flexibility index (Phi) is 3.66. The van der Waals surface area contributed by atoms with Crippen LogP contribution in [-0.2, 0) is 6.54 Å². The average Bonchev–Trinajstić information content (AvgIpc) is 3.28. The molecule has 1 aromatic rings. The van der Waals surface area contributed by atoms with Gasteiger partial charge >= 0.3 is 0 Å². The van der Waals surface area contributed by atoms with Crippen molar-refractivity contribution < 1.29 is 9.47 Å². The van der Waals surface area contributed by atoms with Crippen molar-refractivity contribution in [2.75, 3.05) is 25.5 Å². The van der Waals surface area contributed by atoms with Crippen LogP contribution in [0, 0.1) is 11.3 Å². The zero-order valence-electron chi connectivity index (χ0n) is 11.5. The Bertz CT molecular complexity index is 535. The number of hydrogen-bond donors (Lipinski definition) is 1. The molecule has 2 aliphatic rings. The lowest BCUT2D eigenvalue weighted by Gasteiger charge is -2.24. The largest absolute Gasteiger partial charge is 0.486 e. The van der Waals surface area contributed by atoms with E-state index in [2.05, 4.69) is 11.0 Å². The average molecular weight is 273 g/mol. The minimum Gasteiger partial charge on any atom is -0.486 e. The van der Waals surface area contributed by atoms with Gasteiger partial charge in [-0.15, -0.1) is 0 Å². The highest BCUT2D eigenvalue weighted by Gasteiger charge is 2.29. The predicted molar refractivity (Wildman–Crippen MR) is 75.5 cm³/mol. The quantitative estimate of drug-likeness (QED) is 0.830. The molecule has 20 heavy (non-hydrogen) atoms. The molecule has 0 amide bonds. The van der Waals surface area contributed by atoms with Crippen molar-refractivity contribution in [2.45, 2.75) is 31.8 Å². The molecule has 0 atom stereocenters. The fourth-order valence-corrected chi connectivity index (χ4v) is 2.53. The van der Waals surface area contributed by atoms with E-state index in [0.717, 1.165) is 35.8 Å². The number of rotatable bonds is 5. The molecular weight excluding hydrogens is 254 g/mol. The molecule has 0 radical (unpaired) electrons. The van der Waals surface area contributed by atoms with Crippen molar-refractivity contribution in [3.8, 4) is 17.6 Å². The summed E-state index contributed by atoms with van der Waals surface area (Å²) in [4.78, 5) is 2.34. The van der Waals surface area contributed by atoms with Gasteiger partial charge in [0.2, 0.25) is 0 Å².